The van der Waals surface area contributed by atoms with Gasteiger partial charge in [-0.05, 0) is 48.4 Å². The van der Waals surface area contributed by atoms with Crippen LogP contribution < -0.4 is 14.8 Å². The van der Waals surface area contributed by atoms with Crippen molar-refractivity contribution in [3.05, 3.63) is 53.1 Å². The van der Waals surface area contributed by atoms with Crippen LogP contribution in [0.15, 0.2) is 36.4 Å². The van der Waals surface area contributed by atoms with Crippen LogP contribution in [-0.4, -0.2) is 31.2 Å². The topological polar surface area (TPSA) is 84.9 Å². The molecule has 0 spiro atoms. The Labute approximate surface area is 140 Å². The van der Waals surface area contributed by atoms with E-state index in [2.05, 4.69) is 5.32 Å². The van der Waals surface area contributed by atoms with Crippen molar-refractivity contribution in [1.82, 2.24) is 0 Å². The molecular formula is C18H19NO5. The van der Waals surface area contributed by atoms with Crippen LogP contribution in [0.1, 0.15) is 21.5 Å². The van der Waals surface area contributed by atoms with E-state index in [1.807, 2.05) is 0 Å². The lowest BCUT2D eigenvalue weighted by atomic mass is 10.1. The smallest absolute Gasteiger partial charge is 0.335 e. The van der Waals surface area contributed by atoms with Crippen molar-refractivity contribution in [2.75, 3.05) is 19.5 Å². The molecule has 0 unspecified atom stereocenters. The van der Waals surface area contributed by atoms with Crippen molar-refractivity contribution in [1.29, 1.82) is 0 Å². The van der Waals surface area contributed by atoms with E-state index in [4.69, 9.17) is 14.6 Å². The van der Waals surface area contributed by atoms with E-state index >= 15 is 0 Å². The zero-order valence-corrected chi connectivity index (χ0v) is 13.8. The van der Waals surface area contributed by atoms with Crippen molar-refractivity contribution in [2.24, 2.45) is 0 Å². The summed E-state index contributed by atoms with van der Waals surface area (Å²) in [6, 6.07) is 9.86. The summed E-state index contributed by atoms with van der Waals surface area (Å²) in [5.74, 6) is -0.0405. The van der Waals surface area contributed by atoms with E-state index < -0.39 is 5.97 Å². The average molecular weight is 329 g/mol. The molecule has 2 aromatic rings. The van der Waals surface area contributed by atoms with E-state index in [1.165, 1.54) is 19.2 Å². The summed E-state index contributed by atoms with van der Waals surface area (Å²) in [4.78, 5) is 23.1. The molecule has 0 aliphatic carbocycles. The van der Waals surface area contributed by atoms with E-state index in [0.717, 1.165) is 5.56 Å². The van der Waals surface area contributed by atoms with Gasteiger partial charge in [0, 0.05) is 5.69 Å². The molecule has 1 amide bonds. The molecule has 24 heavy (non-hydrogen) atoms. The van der Waals surface area contributed by atoms with Crippen molar-refractivity contribution in [2.45, 2.75) is 13.3 Å². The van der Waals surface area contributed by atoms with Gasteiger partial charge in [-0.15, -0.1) is 0 Å². The largest absolute Gasteiger partial charge is 0.493 e. The first-order valence-electron chi connectivity index (χ1n) is 7.29. The first kappa shape index (κ1) is 17.3. The van der Waals surface area contributed by atoms with Crippen molar-refractivity contribution >= 4 is 17.6 Å². The second-order valence-electron chi connectivity index (χ2n) is 5.25. The number of hydrogen-bond donors (Lipinski definition) is 2. The van der Waals surface area contributed by atoms with Crippen LogP contribution in [-0.2, 0) is 11.2 Å². The van der Waals surface area contributed by atoms with Crippen LogP contribution in [0.5, 0.6) is 11.5 Å². The van der Waals surface area contributed by atoms with Gasteiger partial charge in [0.2, 0.25) is 5.91 Å². The van der Waals surface area contributed by atoms with Gasteiger partial charge in [-0.2, -0.15) is 0 Å². The lowest BCUT2D eigenvalue weighted by Gasteiger charge is -2.11. The monoisotopic (exact) mass is 329 g/mol. The third kappa shape index (κ3) is 4.04. The molecule has 0 bridgehead atoms. The fraction of sp³-hybridized carbons (Fsp3) is 0.222. The third-order valence-electron chi connectivity index (χ3n) is 3.56. The predicted molar refractivity (Wildman–Crippen MR) is 90.0 cm³/mol. The molecule has 2 N–H and O–H groups in total. The van der Waals surface area contributed by atoms with Gasteiger partial charge in [-0.3, -0.25) is 4.79 Å². The van der Waals surface area contributed by atoms with Gasteiger partial charge >= 0.3 is 5.97 Å². The number of carboxylic acids is 1. The summed E-state index contributed by atoms with van der Waals surface area (Å²) < 4.78 is 10.4. The summed E-state index contributed by atoms with van der Waals surface area (Å²) >= 11 is 0. The summed E-state index contributed by atoms with van der Waals surface area (Å²) in [7, 11) is 3.09. The average Bonchev–Trinajstić information content (AvgIpc) is 2.56. The van der Waals surface area contributed by atoms with Crippen LogP contribution in [0.25, 0.3) is 0 Å². The Kier molecular flexibility index (Phi) is 5.42. The minimum atomic E-state index is -0.999. The number of nitrogens with one attached hydrogen (secondary N) is 1. The Balaban J connectivity index is 2.10. The molecule has 6 nitrogen and oxygen atoms in total. The summed E-state index contributed by atoms with van der Waals surface area (Å²) in [6.45, 7) is 1.75. The van der Waals surface area contributed by atoms with Crippen LogP contribution in [0, 0.1) is 6.92 Å². The molecule has 0 fully saturated rings. The van der Waals surface area contributed by atoms with E-state index in [1.54, 1.807) is 38.3 Å². The number of benzene rings is 2. The SMILES string of the molecule is COc1ccc(CC(=O)Nc2ccc(C(=O)O)cc2C)cc1OC. The number of aryl methyl sites for hydroxylation is 1. The van der Waals surface area contributed by atoms with Gasteiger partial charge in [0.25, 0.3) is 0 Å². The number of methoxy groups -OCH3 is 2. The number of ether oxygens (including phenoxy) is 2. The van der Waals surface area contributed by atoms with Gasteiger partial charge in [0.1, 0.15) is 0 Å². The molecule has 0 heterocycles. The molecule has 0 saturated heterocycles. The number of carbonyl (C=O) groups excluding carboxylic acids is 1. The quantitative estimate of drug-likeness (QED) is 0.851. The molecule has 2 rings (SSSR count). The molecule has 0 radical (unpaired) electrons. The molecular weight excluding hydrogens is 310 g/mol. The van der Waals surface area contributed by atoms with E-state index in [0.29, 0.717) is 22.7 Å². The van der Waals surface area contributed by atoms with Crippen LogP contribution in [0.2, 0.25) is 0 Å². The maximum absolute atomic E-state index is 12.2. The highest BCUT2D eigenvalue weighted by molar-refractivity contribution is 5.94. The molecule has 0 saturated carbocycles. The van der Waals surface area contributed by atoms with Gasteiger partial charge in [0.15, 0.2) is 11.5 Å². The van der Waals surface area contributed by atoms with Crippen molar-refractivity contribution in [3.8, 4) is 11.5 Å². The maximum atomic E-state index is 12.2. The number of carboxylic acid groups (broad SMARTS) is 1. The molecule has 126 valence electrons. The van der Waals surface area contributed by atoms with Crippen LogP contribution in [0.4, 0.5) is 5.69 Å². The Morgan fingerprint density at radius 1 is 1.04 bits per heavy atom. The zero-order valence-electron chi connectivity index (χ0n) is 13.8. The number of aromatic carboxylic acids is 1. The molecule has 0 aliphatic heterocycles. The highest BCUT2D eigenvalue weighted by Gasteiger charge is 2.11. The standard InChI is InChI=1S/C18H19NO5/c1-11-8-13(18(21)22)5-6-14(11)19-17(20)10-12-4-7-15(23-2)16(9-12)24-3/h4-9H,10H2,1-3H3,(H,19,20)(H,21,22). The van der Waals surface area contributed by atoms with Gasteiger partial charge in [-0.1, -0.05) is 6.07 Å². The lowest BCUT2D eigenvalue weighted by Crippen LogP contribution is -2.15. The highest BCUT2D eigenvalue weighted by Crippen LogP contribution is 2.28. The van der Waals surface area contributed by atoms with E-state index in [-0.39, 0.29) is 17.9 Å². The number of amides is 1. The number of hydrogen-bond acceptors (Lipinski definition) is 4. The molecule has 6 heteroatoms. The van der Waals surface area contributed by atoms with Gasteiger partial charge in [0.05, 0.1) is 26.2 Å². The first-order valence-corrected chi connectivity index (χ1v) is 7.29. The number of anilines is 1. The highest BCUT2D eigenvalue weighted by atomic mass is 16.5. The van der Waals surface area contributed by atoms with Gasteiger partial charge in [-0.25, -0.2) is 4.79 Å². The normalized spacial score (nSPS) is 10.1. The van der Waals surface area contributed by atoms with Gasteiger partial charge < -0.3 is 19.9 Å². The second kappa shape index (κ2) is 7.50. The number of carbonyl (C=O) groups is 2. The molecule has 0 atom stereocenters. The minimum absolute atomic E-state index is 0.167. The Bertz CT molecular complexity index is 770. The zero-order chi connectivity index (χ0) is 17.7. The Hall–Kier alpha value is -3.02. The first-order chi connectivity index (χ1) is 11.4. The molecule has 2 aromatic carbocycles. The molecule has 0 aliphatic rings. The lowest BCUT2D eigenvalue weighted by molar-refractivity contribution is -0.115. The van der Waals surface area contributed by atoms with E-state index in [9.17, 15) is 9.59 Å². The van der Waals surface area contributed by atoms with Crippen LogP contribution >= 0.6 is 0 Å². The Morgan fingerprint density at radius 3 is 2.33 bits per heavy atom. The fourth-order valence-electron chi connectivity index (χ4n) is 2.31. The van der Waals surface area contributed by atoms with Crippen LogP contribution in [0.3, 0.4) is 0 Å². The molecule has 0 aromatic heterocycles. The second-order valence-corrected chi connectivity index (χ2v) is 5.25. The fourth-order valence-corrected chi connectivity index (χ4v) is 2.31. The third-order valence-corrected chi connectivity index (χ3v) is 3.56. The summed E-state index contributed by atoms with van der Waals surface area (Å²) in [5.41, 5.74) is 2.25. The number of rotatable bonds is 6. The Morgan fingerprint density at radius 2 is 1.75 bits per heavy atom. The van der Waals surface area contributed by atoms with Crippen molar-refractivity contribution < 1.29 is 24.2 Å². The summed E-state index contributed by atoms with van der Waals surface area (Å²) in [6.07, 6.45) is 0.167. The van der Waals surface area contributed by atoms with Crippen molar-refractivity contribution in [3.63, 3.8) is 0 Å². The maximum Gasteiger partial charge on any atom is 0.335 e. The minimum Gasteiger partial charge on any atom is -0.493 e. The summed E-state index contributed by atoms with van der Waals surface area (Å²) in [5, 5.41) is 11.7. The predicted octanol–water partition coefficient (Wildman–Crippen LogP) is 2.89.